The van der Waals surface area contributed by atoms with Crippen LogP contribution in [0.4, 0.5) is 11.6 Å². The van der Waals surface area contributed by atoms with Crippen molar-refractivity contribution in [1.29, 1.82) is 0 Å². The van der Waals surface area contributed by atoms with Crippen molar-refractivity contribution in [3.05, 3.63) is 66.5 Å². The highest BCUT2D eigenvalue weighted by Gasteiger charge is 2.20. The SMILES string of the molecule is CC(=O)Nc1cccc(-c2nc(N3CCOCC3)nc3c2ncn3Cc2ccccc2)c1. The normalized spacial score (nSPS) is 14.0. The van der Waals surface area contributed by atoms with Crippen LogP contribution in [0.3, 0.4) is 0 Å². The lowest BCUT2D eigenvalue weighted by Gasteiger charge is -2.27. The first kappa shape index (κ1) is 20.1. The van der Waals surface area contributed by atoms with Gasteiger partial charge in [-0.25, -0.2) is 9.97 Å². The third-order valence-electron chi connectivity index (χ3n) is 5.40. The van der Waals surface area contributed by atoms with Crippen LogP contribution in [0.1, 0.15) is 12.5 Å². The number of carbonyl (C=O) groups is 1. The Morgan fingerprint density at radius 2 is 1.88 bits per heavy atom. The number of carbonyl (C=O) groups excluding carboxylic acids is 1. The molecular formula is C24H24N6O2. The monoisotopic (exact) mass is 428 g/mol. The van der Waals surface area contributed by atoms with Crippen LogP contribution in [-0.4, -0.2) is 51.7 Å². The Morgan fingerprint density at radius 1 is 1.06 bits per heavy atom. The molecule has 1 amide bonds. The van der Waals surface area contributed by atoms with Gasteiger partial charge in [0.1, 0.15) is 11.2 Å². The Bertz CT molecular complexity index is 1250. The van der Waals surface area contributed by atoms with E-state index in [2.05, 4.69) is 31.9 Å². The maximum absolute atomic E-state index is 11.5. The van der Waals surface area contributed by atoms with E-state index in [-0.39, 0.29) is 5.91 Å². The minimum absolute atomic E-state index is 0.115. The molecule has 0 unspecified atom stereocenters. The molecule has 0 aliphatic carbocycles. The summed E-state index contributed by atoms with van der Waals surface area (Å²) in [5, 5.41) is 2.84. The summed E-state index contributed by atoms with van der Waals surface area (Å²) < 4.78 is 7.56. The molecule has 5 rings (SSSR count). The summed E-state index contributed by atoms with van der Waals surface area (Å²) in [5.74, 6) is 0.548. The summed E-state index contributed by atoms with van der Waals surface area (Å²) >= 11 is 0. The molecule has 8 nitrogen and oxygen atoms in total. The van der Waals surface area contributed by atoms with Crippen LogP contribution in [-0.2, 0) is 16.1 Å². The Labute approximate surface area is 185 Å². The van der Waals surface area contributed by atoms with E-state index in [1.54, 1.807) is 0 Å². The maximum Gasteiger partial charge on any atom is 0.228 e. The van der Waals surface area contributed by atoms with Crippen LogP contribution < -0.4 is 10.2 Å². The van der Waals surface area contributed by atoms with Gasteiger partial charge in [0.05, 0.1) is 26.1 Å². The molecule has 3 heterocycles. The topological polar surface area (TPSA) is 85.2 Å². The van der Waals surface area contributed by atoms with Crippen LogP contribution in [0.5, 0.6) is 0 Å². The van der Waals surface area contributed by atoms with E-state index in [0.29, 0.717) is 25.7 Å². The zero-order chi connectivity index (χ0) is 21.9. The molecule has 1 N–H and O–H groups in total. The number of benzene rings is 2. The van der Waals surface area contributed by atoms with Crippen LogP contribution >= 0.6 is 0 Å². The van der Waals surface area contributed by atoms with Crippen molar-refractivity contribution in [3.63, 3.8) is 0 Å². The van der Waals surface area contributed by atoms with Gasteiger partial charge in [0.2, 0.25) is 11.9 Å². The maximum atomic E-state index is 11.5. The summed E-state index contributed by atoms with van der Waals surface area (Å²) in [5.41, 5.74) is 5.03. The molecule has 162 valence electrons. The van der Waals surface area contributed by atoms with Crippen LogP contribution in [0.25, 0.3) is 22.4 Å². The second-order valence-electron chi connectivity index (χ2n) is 7.76. The molecule has 0 radical (unpaired) electrons. The lowest BCUT2D eigenvalue weighted by molar-refractivity contribution is -0.114. The Morgan fingerprint density at radius 3 is 2.66 bits per heavy atom. The molecule has 0 atom stereocenters. The number of hydrogen-bond donors (Lipinski definition) is 1. The summed E-state index contributed by atoms with van der Waals surface area (Å²) in [7, 11) is 0. The van der Waals surface area contributed by atoms with E-state index in [9.17, 15) is 4.79 Å². The number of nitrogens with one attached hydrogen (secondary N) is 1. The predicted octanol–water partition coefficient (Wildman–Crippen LogP) is 3.34. The molecule has 1 aliphatic rings. The van der Waals surface area contributed by atoms with Gasteiger partial charge in [-0.3, -0.25) is 4.79 Å². The van der Waals surface area contributed by atoms with Crippen molar-refractivity contribution in [1.82, 2.24) is 19.5 Å². The van der Waals surface area contributed by atoms with Gasteiger partial charge in [0.25, 0.3) is 0 Å². The molecule has 2 aromatic heterocycles. The van der Waals surface area contributed by atoms with Crippen LogP contribution in [0, 0.1) is 0 Å². The van der Waals surface area contributed by atoms with Crippen molar-refractivity contribution in [2.45, 2.75) is 13.5 Å². The number of fused-ring (bicyclic) bond motifs is 1. The number of morpholine rings is 1. The fourth-order valence-corrected chi connectivity index (χ4v) is 3.88. The van der Waals surface area contributed by atoms with Gasteiger partial charge >= 0.3 is 0 Å². The standard InChI is InChI=1S/C24H24N6O2/c1-17(31)26-20-9-5-8-19(14-20)21-22-23(28-24(27-21)29-10-12-32-13-11-29)30(16-25-22)15-18-6-3-2-4-7-18/h2-9,14,16H,10-13,15H2,1H3,(H,26,31). The van der Waals surface area contributed by atoms with Gasteiger partial charge in [0.15, 0.2) is 5.65 Å². The first-order chi connectivity index (χ1) is 15.7. The predicted molar refractivity (Wildman–Crippen MR) is 124 cm³/mol. The van der Waals surface area contributed by atoms with E-state index >= 15 is 0 Å². The lowest BCUT2D eigenvalue weighted by atomic mass is 10.1. The Balaban J connectivity index is 1.63. The molecule has 1 saturated heterocycles. The van der Waals surface area contributed by atoms with Gasteiger partial charge < -0.3 is 19.5 Å². The number of amides is 1. The van der Waals surface area contributed by atoms with Gasteiger partial charge in [0, 0.05) is 31.3 Å². The van der Waals surface area contributed by atoms with E-state index < -0.39 is 0 Å². The molecule has 4 aromatic rings. The summed E-state index contributed by atoms with van der Waals surface area (Å²) in [4.78, 5) is 28.2. The lowest BCUT2D eigenvalue weighted by Crippen LogP contribution is -2.37. The molecule has 2 aromatic carbocycles. The van der Waals surface area contributed by atoms with Gasteiger partial charge in [-0.2, -0.15) is 4.98 Å². The van der Waals surface area contributed by atoms with Crippen LogP contribution in [0.15, 0.2) is 60.9 Å². The third-order valence-corrected chi connectivity index (χ3v) is 5.40. The number of anilines is 2. The smallest absolute Gasteiger partial charge is 0.228 e. The van der Waals surface area contributed by atoms with E-state index in [1.165, 1.54) is 12.5 Å². The number of ether oxygens (including phenoxy) is 1. The Hall–Kier alpha value is -3.78. The number of nitrogens with zero attached hydrogens (tertiary/aromatic N) is 5. The number of imidazole rings is 1. The fraction of sp³-hybridized carbons (Fsp3) is 0.250. The minimum atomic E-state index is -0.115. The van der Waals surface area contributed by atoms with Gasteiger partial charge in [-0.1, -0.05) is 42.5 Å². The van der Waals surface area contributed by atoms with Crippen molar-refractivity contribution in [2.24, 2.45) is 0 Å². The second kappa shape index (κ2) is 8.76. The number of aromatic nitrogens is 4. The zero-order valence-corrected chi connectivity index (χ0v) is 17.9. The molecule has 8 heteroatoms. The highest BCUT2D eigenvalue weighted by molar-refractivity contribution is 5.92. The fourth-order valence-electron chi connectivity index (χ4n) is 3.88. The first-order valence-corrected chi connectivity index (χ1v) is 10.6. The third kappa shape index (κ3) is 4.17. The molecule has 0 bridgehead atoms. The molecule has 32 heavy (non-hydrogen) atoms. The molecule has 0 saturated carbocycles. The van der Waals surface area contributed by atoms with E-state index in [1.807, 2.05) is 48.8 Å². The van der Waals surface area contributed by atoms with Crippen LogP contribution in [0.2, 0.25) is 0 Å². The minimum Gasteiger partial charge on any atom is -0.378 e. The molecular weight excluding hydrogens is 404 g/mol. The summed E-state index contributed by atoms with van der Waals surface area (Å²) in [6, 6.07) is 17.9. The second-order valence-corrected chi connectivity index (χ2v) is 7.76. The number of hydrogen-bond acceptors (Lipinski definition) is 6. The van der Waals surface area contributed by atoms with Crippen molar-refractivity contribution < 1.29 is 9.53 Å². The molecule has 0 spiro atoms. The highest BCUT2D eigenvalue weighted by atomic mass is 16.5. The quantitative estimate of drug-likeness (QED) is 0.525. The van der Waals surface area contributed by atoms with E-state index in [0.717, 1.165) is 41.2 Å². The first-order valence-electron chi connectivity index (χ1n) is 10.6. The van der Waals surface area contributed by atoms with Crippen molar-refractivity contribution in [3.8, 4) is 11.3 Å². The van der Waals surface area contributed by atoms with Crippen molar-refractivity contribution in [2.75, 3.05) is 36.5 Å². The largest absolute Gasteiger partial charge is 0.378 e. The van der Waals surface area contributed by atoms with Gasteiger partial charge in [-0.05, 0) is 17.7 Å². The average molecular weight is 428 g/mol. The van der Waals surface area contributed by atoms with Crippen molar-refractivity contribution >= 4 is 28.7 Å². The zero-order valence-electron chi connectivity index (χ0n) is 17.9. The van der Waals surface area contributed by atoms with E-state index in [4.69, 9.17) is 14.7 Å². The highest BCUT2D eigenvalue weighted by Crippen LogP contribution is 2.29. The number of rotatable bonds is 5. The molecule has 1 aliphatic heterocycles. The van der Waals surface area contributed by atoms with Gasteiger partial charge in [-0.15, -0.1) is 0 Å². The average Bonchev–Trinajstić information content (AvgIpc) is 3.22. The summed E-state index contributed by atoms with van der Waals surface area (Å²) in [6.07, 6.45) is 1.82. The summed E-state index contributed by atoms with van der Waals surface area (Å²) in [6.45, 7) is 4.95. The Kier molecular flexibility index (Phi) is 5.51. The molecule has 1 fully saturated rings.